The van der Waals surface area contributed by atoms with Crippen LogP contribution in [0.15, 0.2) is 52.5 Å². The number of nitrogens with one attached hydrogen (secondary N) is 1. The average Bonchev–Trinajstić information content (AvgIpc) is 3.49. The molecule has 9 nitrogen and oxygen atoms in total. The lowest BCUT2D eigenvalue weighted by atomic mass is 10.0. The fourth-order valence-corrected chi connectivity index (χ4v) is 5.59. The second-order valence-electron chi connectivity index (χ2n) is 10.0. The number of alkyl halides is 6. The number of likely N-dealkylation sites (tertiary alicyclic amines) is 1. The first kappa shape index (κ1) is 31.1. The number of esters is 1. The van der Waals surface area contributed by atoms with Gasteiger partial charge in [0.15, 0.2) is 5.17 Å². The van der Waals surface area contributed by atoms with Crippen molar-refractivity contribution in [2.75, 3.05) is 26.7 Å². The van der Waals surface area contributed by atoms with E-state index in [-0.39, 0.29) is 36.4 Å². The Morgan fingerprint density at radius 2 is 1.84 bits per heavy atom. The molecule has 5 rings (SSSR count). The molecule has 2 aliphatic heterocycles. The van der Waals surface area contributed by atoms with Crippen LogP contribution in [0.2, 0.25) is 0 Å². The number of rotatable bonds is 7. The van der Waals surface area contributed by atoms with Crippen LogP contribution in [0.5, 0.6) is 0 Å². The molecule has 232 valence electrons. The van der Waals surface area contributed by atoms with Crippen molar-refractivity contribution in [2.45, 2.75) is 25.3 Å². The van der Waals surface area contributed by atoms with Gasteiger partial charge in [0.2, 0.25) is 5.91 Å². The van der Waals surface area contributed by atoms with Crippen LogP contribution < -0.4 is 5.32 Å². The van der Waals surface area contributed by atoms with Crippen LogP contribution in [-0.4, -0.2) is 64.4 Å². The number of carbonyl (C=O) groups excluding carboxylic acids is 3. The molecule has 1 N–H and O–H groups in total. The predicted molar refractivity (Wildman–Crippen MR) is 148 cm³/mol. The highest BCUT2D eigenvalue weighted by Gasteiger charge is 2.39. The number of carbonyl (C=O) groups is 3. The van der Waals surface area contributed by atoms with Gasteiger partial charge < -0.3 is 15.0 Å². The predicted octanol–water partition coefficient (Wildman–Crippen LogP) is 4.70. The Hall–Kier alpha value is -4.34. The molecule has 0 atom stereocenters. The van der Waals surface area contributed by atoms with Crippen molar-refractivity contribution >= 4 is 51.7 Å². The average molecular weight is 640 g/mol. The number of nitrogens with zero attached hydrogens (tertiary/aromatic N) is 4. The summed E-state index contributed by atoms with van der Waals surface area (Å²) in [6.07, 6.45) is -6.84. The molecule has 0 bridgehead atoms. The van der Waals surface area contributed by atoms with E-state index in [1.54, 1.807) is 29.2 Å². The van der Waals surface area contributed by atoms with E-state index in [0.717, 1.165) is 17.8 Å². The number of hydrogen-bond acceptors (Lipinski definition) is 7. The summed E-state index contributed by atoms with van der Waals surface area (Å²) < 4.78 is 85.7. The number of hydrogen-bond donors (Lipinski definition) is 1. The number of amides is 2. The first-order chi connectivity index (χ1) is 20.7. The highest BCUT2D eigenvalue weighted by Crippen LogP contribution is 2.38. The maximum Gasteiger partial charge on any atom is 0.416 e. The molecule has 2 amide bonds. The monoisotopic (exact) mass is 639 g/mol. The van der Waals surface area contributed by atoms with Gasteiger partial charge in [-0.05, 0) is 53.2 Å². The third kappa shape index (κ3) is 6.74. The number of methoxy groups -OCH3 is 1. The summed E-state index contributed by atoms with van der Waals surface area (Å²) in [6.45, 7) is 0.464. The molecule has 3 aromatic rings. The van der Waals surface area contributed by atoms with E-state index >= 15 is 0 Å². The molecule has 0 saturated carbocycles. The van der Waals surface area contributed by atoms with Gasteiger partial charge in [0.05, 0.1) is 53.7 Å². The van der Waals surface area contributed by atoms with Crippen LogP contribution in [0.25, 0.3) is 17.0 Å². The second kappa shape index (κ2) is 12.0. The van der Waals surface area contributed by atoms with Crippen LogP contribution >= 0.6 is 11.8 Å². The molecule has 1 aromatic heterocycles. The smallest absolute Gasteiger partial charge is 0.416 e. The zero-order valence-corrected chi connectivity index (χ0v) is 23.6. The highest BCUT2D eigenvalue weighted by molar-refractivity contribution is 8.18. The first-order valence-electron chi connectivity index (χ1n) is 13.1. The molecule has 1 fully saturated rings. The van der Waals surface area contributed by atoms with Gasteiger partial charge in [-0.15, -0.1) is 0 Å². The maximum atomic E-state index is 13.6. The molecule has 0 radical (unpaired) electrons. The Morgan fingerprint density at radius 3 is 2.52 bits per heavy atom. The van der Waals surface area contributed by atoms with E-state index < -0.39 is 41.9 Å². The number of halogens is 6. The Balaban J connectivity index is 1.24. The van der Waals surface area contributed by atoms with E-state index in [9.17, 15) is 40.7 Å². The number of benzene rings is 2. The molecule has 2 aliphatic rings. The molecule has 2 aromatic carbocycles. The van der Waals surface area contributed by atoms with Gasteiger partial charge in [0.25, 0.3) is 5.91 Å². The van der Waals surface area contributed by atoms with E-state index in [4.69, 9.17) is 0 Å². The summed E-state index contributed by atoms with van der Waals surface area (Å²) in [5.41, 5.74) is -2.11. The minimum atomic E-state index is -5.00. The molecule has 16 heteroatoms. The zero-order valence-electron chi connectivity index (χ0n) is 22.8. The Kier molecular flexibility index (Phi) is 8.46. The van der Waals surface area contributed by atoms with E-state index in [1.165, 1.54) is 18.0 Å². The number of amidine groups is 1. The molecule has 0 unspecified atom stereocenters. The van der Waals surface area contributed by atoms with Crippen LogP contribution in [0, 0.1) is 5.92 Å². The minimum absolute atomic E-state index is 0.0641. The van der Waals surface area contributed by atoms with Gasteiger partial charge in [0.1, 0.15) is 0 Å². The van der Waals surface area contributed by atoms with Crippen LogP contribution in [0.4, 0.5) is 26.3 Å². The van der Waals surface area contributed by atoms with Crippen molar-refractivity contribution < 1.29 is 45.5 Å². The second-order valence-corrected chi connectivity index (χ2v) is 11.0. The van der Waals surface area contributed by atoms with Gasteiger partial charge in [-0.1, -0.05) is 12.1 Å². The Morgan fingerprint density at radius 1 is 1.09 bits per heavy atom. The Bertz CT molecular complexity index is 1690. The van der Waals surface area contributed by atoms with Crippen molar-refractivity contribution in [3.63, 3.8) is 0 Å². The summed E-state index contributed by atoms with van der Waals surface area (Å²) in [6, 6.07) is 6.41. The molecular formula is C28H23F6N5O4S. The van der Waals surface area contributed by atoms with Crippen molar-refractivity contribution in [1.82, 2.24) is 20.0 Å². The summed E-state index contributed by atoms with van der Waals surface area (Å²) in [7, 11) is 1.26. The largest absolute Gasteiger partial charge is 0.469 e. The number of thioether (sulfide) groups is 1. The van der Waals surface area contributed by atoms with Crippen molar-refractivity contribution in [3.8, 4) is 0 Å². The fourth-order valence-electron chi connectivity index (χ4n) is 4.66. The summed E-state index contributed by atoms with van der Waals surface area (Å²) in [5.74, 6) is -1.42. The van der Waals surface area contributed by atoms with E-state index in [0.29, 0.717) is 45.7 Å². The van der Waals surface area contributed by atoms with Gasteiger partial charge in [-0.2, -0.15) is 36.4 Å². The third-order valence-corrected chi connectivity index (χ3v) is 8.06. The fraction of sp³-hybridized carbons (Fsp3) is 0.321. The highest BCUT2D eigenvalue weighted by atomic mass is 32.2. The third-order valence-electron chi connectivity index (χ3n) is 7.01. The molecule has 0 aliphatic carbocycles. The molecule has 44 heavy (non-hydrogen) atoms. The van der Waals surface area contributed by atoms with E-state index in [2.05, 4.69) is 20.1 Å². The SMILES string of the molecule is COC(=O)CCNC(=O)C1CN(C2=NC(=O)/C(=C/c3ccc4c(cnn4Cc4ccc(C(F)(F)F)cc4C(F)(F)F)c3)S2)C1. The molecule has 1 saturated heterocycles. The first-order valence-corrected chi connectivity index (χ1v) is 13.9. The molecule has 0 spiro atoms. The quantitative estimate of drug-likeness (QED) is 0.227. The number of aromatic nitrogens is 2. The summed E-state index contributed by atoms with van der Waals surface area (Å²) >= 11 is 1.14. The van der Waals surface area contributed by atoms with Crippen LogP contribution in [-0.2, 0) is 38.0 Å². The van der Waals surface area contributed by atoms with Gasteiger partial charge in [0, 0.05) is 25.0 Å². The lowest BCUT2D eigenvalue weighted by Gasteiger charge is -2.38. The zero-order chi connectivity index (χ0) is 31.8. The van der Waals surface area contributed by atoms with Crippen LogP contribution in [0.3, 0.4) is 0 Å². The maximum absolute atomic E-state index is 13.6. The normalized spacial score (nSPS) is 16.8. The Labute approximate surface area is 249 Å². The number of fused-ring (bicyclic) bond motifs is 1. The standard InChI is InChI=1S/C28H23F6N5O4S/c1-43-23(40)6-7-35-24(41)18-12-38(13-18)26-37-25(42)22(44-26)9-15-2-5-21-17(8-15)11-36-39(21)14-16-3-4-19(27(29,30)31)10-20(16)28(32,33)34/h2-5,8-11,18H,6-7,12-14H2,1H3,(H,35,41)/b22-9-. The number of ether oxygens (including phenoxy) is 1. The topological polar surface area (TPSA) is 106 Å². The lowest BCUT2D eigenvalue weighted by molar-refractivity contribution is -0.144. The number of aliphatic imine (C=N–C) groups is 1. The van der Waals surface area contributed by atoms with Gasteiger partial charge >= 0.3 is 18.3 Å². The van der Waals surface area contributed by atoms with Crippen LogP contribution in [0.1, 0.15) is 28.7 Å². The molecular weight excluding hydrogens is 616 g/mol. The van der Waals surface area contributed by atoms with Crippen molar-refractivity contribution in [3.05, 3.63) is 69.8 Å². The summed E-state index contributed by atoms with van der Waals surface area (Å²) in [4.78, 5) is 42.1. The lowest BCUT2D eigenvalue weighted by Crippen LogP contribution is -2.55. The van der Waals surface area contributed by atoms with Crippen molar-refractivity contribution in [1.29, 1.82) is 0 Å². The minimum Gasteiger partial charge on any atom is -0.469 e. The van der Waals surface area contributed by atoms with E-state index in [1.807, 2.05) is 0 Å². The molecule has 3 heterocycles. The van der Waals surface area contributed by atoms with Crippen molar-refractivity contribution in [2.24, 2.45) is 10.9 Å². The van der Waals surface area contributed by atoms with Gasteiger partial charge in [-0.25, -0.2) is 0 Å². The summed E-state index contributed by atoms with van der Waals surface area (Å²) in [5, 5.41) is 7.79. The van der Waals surface area contributed by atoms with Gasteiger partial charge in [-0.3, -0.25) is 19.1 Å².